The Morgan fingerprint density at radius 2 is 2.33 bits per heavy atom. The lowest BCUT2D eigenvalue weighted by Gasteiger charge is -2.40. The molecule has 2 heterocycles. The normalized spacial score (nSPS) is 18.9. The van der Waals surface area contributed by atoms with Crippen molar-refractivity contribution in [1.82, 2.24) is 10.3 Å². The summed E-state index contributed by atoms with van der Waals surface area (Å²) >= 11 is 0. The highest BCUT2D eigenvalue weighted by molar-refractivity contribution is 5.52. The lowest BCUT2D eigenvalue weighted by molar-refractivity contribution is -0.0277. The fraction of sp³-hybridized carbons (Fsp3) is 0.643. The zero-order chi connectivity index (χ0) is 13.0. The Labute approximate surface area is 109 Å². The van der Waals surface area contributed by atoms with Crippen LogP contribution < -0.4 is 10.2 Å². The molecule has 100 valence electrons. The first kappa shape index (κ1) is 13.3. The summed E-state index contributed by atoms with van der Waals surface area (Å²) in [6.45, 7) is 10.9. The Morgan fingerprint density at radius 1 is 1.50 bits per heavy atom. The van der Waals surface area contributed by atoms with Gasteiger partial charge in [-0.3, -0.25) is 4.98 Å². The van der Waals surface area contributed by atoms with E-state index in [0.29, 0.717) is 0 Å². The van der Waals surface area contributed by atoms with Crippen LogP contribution in [0.4, 0.5) is 5.69 Å². The molecule has 0 saturated carbocycles. The Morgan fingerprint density at radius 3 is 3.06 bits per heavy atom. The van der Waals surface area contributed by atoms with E-state index in [0.717, 1.165) is 32.8 Å². The molecule has 4 nitrogen and oxygen atoms in total. The fourth-order valence-corrected chi connectivity index (χ4v) is 2.35. The monoisotopic (exact) mass is 249 g/mol. The maximum Gasteiger partial charge on any atom is 0.0801 e. The molecule has 1 aromatic heterocycles. The second-order valence-electron chi connectivity index (χ2n) is 5.31. The largest absolute Gasteiger partial charge is 0.372 e. The summed E-state index contributed by atoms with van der Waals surface area (Å²) in [6.07, 6.45) is 3.83. The van der Waals surface area contributed by atoms with Crippen molar-refractivity contribution in [2.75, 3.05) is 31.1 Å². The third-order valence-corrected chi connectivity index (χ3v) is 3.21. The van der Waals surface area contributed by atoms with Crippen LogP contribution in [-0.2, 0) is 11.3 Å². The van der Waals surface area contributed by atoms with E-state index >= 15 is 0 Å². The minimum absolute atomic E-state index is 0.0724. The highest BCUT2D eigenvalue weighted by atomic mass is 16.5. The molecule has 0 spiro atoms. The van der Waals surface area contributed by atoms with Crippen molar-refractivity contribution in [3.8, 4) is 0 Å². The highest BCUT2D eigenvalue weighted by Gasteiger charge is 2.28. The lowest BCUT2D eigenvalue weighted by Crippen LogP contribution is -2.48. The van der Waals surface area contributed by atoms with Gasteiger partial charge < -0.3 is 15.0 Å². The molecule has 0 aromatic carbocycles. The Kier molecular flexibility index (Phi) is 4.19. The molecule has 18 heavy (non-hydrogen) atoms. The number of aromatic nitrogens is 1. The molecule has 1 aliphatic heterocycles. The van der Waals surface area contributed by atoms with Gasteiger partial charge in [-0.25, -0.2) is 0 Å². The quantitative estimate of drug-likeness (QED) is 0.883. The summed E-state index contributed by atoms with van der Waals surface area (Å²) in [7, 11) is 0. The lowest BCUT2D eigenvalue weighted by atomic mass is 10.1. The third-order valence-electron chi connectivity index (χ3n) is 3.21. The first-order valence-electron chi connectivity index (χ1n) is 6.65. The summed E-state index contributed by atoms with van der Waals surface area (Å²) in [4.78, 5) is 6.63. The summed E-state index contributed by atoms with van der Waals surface area (Å²) in [5.74, 6) is 0. The maximum absolute atomic E-state index is 5.77. The van der Waals surface area contributed by atoms with Gasteiger partial charge >= 0.3 is 0 Å². The van der Waals surface area contributed by atoms with Crippen molar-refractivity contribution in [2.45, 2.75) is 32.9 Å². The molecule has 1 aliphatic rings. The number of morpholine rings is 1. The average Bonchev–Trinajstić information content (AvgIpc) is 2.35. The van der Waals surface area contributed by atoms with Crippen molar-refractivity contribution in [3.63, 3.8) is 0 Å². The van der Waals surface area contributed by atoms with Crippen molar-refractivity contribution in [3.05, 3.63) is 24.0 Å². The van der Waals surface area contributed by atoms with E-state index in [9.17, 15) is 0 Å². The molecular formula is C14H23N3O. The number of nitrogens with one attached hydrogen (secondary N) is 1. The Bertz CT molecular complexity index is 392. The van der Waals surface area contributed by atoms with Crippen LogP contribution in [0.3, 0.4) is 0 Å². The predicted octanol–water partition coefficient (Wildman–Crippen LogP) is 1.81. The van der Waals surface area contributed by atoms with Gasteiger partial charge in [0.15, 0.2) is 0 Å². The van der Waals surface area contributed by atoms with Crippen molar-refractivity contribution < 1.29 is 4.74 Å². The molecule has 0 amide bonds. The van der Waals surface area contributed by atoms with E-state index in [1.807, 2.05) is 12.4 Å². The van der Waals surface area contributed by atoms with Crippen molar-refractivity contribution in [2.24, 2.45) is 0 Å². The van der Waals surface area contributed by atoms with Crippen molar-refractivity contribution >= 4 is 5.69 Å². The molecule has 0 unspecified atom stereocenters. The molecule has 0 aliphatic carbocycles. The van der Waals surface area contributed by atoms with Gasteiger partial charge in [0.25, 0.3) is 0 Å². The number of hydrogen-bond acceptors (Lipinski definition) is 4. The van der Waals surface area contributed by atoms with Crippen LogP contribution in [0.2, 0.25) is 0 Å². The summed E-state index contributed by atoms with van der Waals surface area (Å²) in [5, 5.41) is 3.37. The van der Waals surface area contributed by atoms with E-state index in [1.165, 1.54) is 11.3 Å². The van der Waals surface area contributed by atoms with Crippen LogP contribution in [-0.4, -0.2) is 36.8 Å². The fourth-order valence-electron chi connectivity index (χ4n) is 2.35. The smallest absolute Gasteiger partial charge is 0.0801 e. The van der Waals surface area contributed by atoms with Crippen LogP contribution in [0.1, 0.15) is 26.3 Å². The molecule has 4 heteroatoms. The molecule has 1 aromatic rings. The molecule has 2 rings (SSSR count). The second-order valence-corrected chi connectivity index (χ2v) is 5.31. The topological polar surface area (TPSA) is 37.4 Å². The molecule has 0 atom stereocenters. The molecule has 1 N–H and O–H groups in total. The van der Waals surface area contributed by atoms with E-state index in [2.05, 4.69) is 42.0 Å². The summed E-state index contributed by atoms with van der Waals surface area (Å²) < 4.78 is 5.77. The van der Waals surface area contributed by atoms with E-state index in [1.54, 1.807) is 0 Å². The summed E-state index contributed by atoms with van der Waals surface area (Å²) in [6, 6.07) is 2.11. The SMILES string of the molecule is CCNCc1cnccc1N1CCOC(C)(C)C1. The summed E-state index contributed by atoms with van der Waals surface area (Å²) in [5.41, 5.74) is 2.47. The van der Waals surface area contributed by atoms with Gasteiger partial charge in [0.05, 0.1) is 12.2 Å². The number of ether oxygens (including phenoxy) is 1. The predicted molar refractivity (Wildman–Crippen MR) is 73.9 cm³/mol. The molecule has 1 saturated heterocycles. The zero-order valence-corrected chi connectivity index (χ0v) is 11.6. The second kappa shape index (κ2) is 5.67. The molecule has 1 fully saturated rings. The standard InChI is InChI=1S/C14H23N3O/c1-4-15-9-12-10-16-6-5-13(12)17-7-8-18-14(2,3)11-17/h5-6,10,15H,4,7-9,11H2,1-3H3. The first-order chi connectivity index (χ1) is 8.62. The van der Waals surface area contributed by atoms with Gasteiger partial charge in [-0.05, 0) is 26.5 Å². The minimum atomic E-state index is -0.0724. The van der Waals surface area contributed by atoms with E-state index < -0.39 is 0 Å². The van der Waals surface area contributed by atoms with Crippen LogP contribution in [0.15, 0.2) is 18.5 Å². The highest BCUT2D eigenvalue weighted by Crippen LogP contribution is 2.25. The van der Waals surface area contributed by atoms with Crippen LogP contribution in [0, 0.1) is 0 Å². The third kappa shape index (κ3) is 3.21. The van der Waals surface area contributed by atoms with Crippen LogP contribution >= 0.6 is 0 Å². The number of anilines is 1. The number of pyridine rings is 1. The molecular weight excluding hydrogens is 226 g/mol. The van der Waals surface area contributed by atoms with Gasteiger partial charge in [-0.2, -0.15) is 0 Å². The Balaban J connectivity index is 2.16. The van der Waals surface area contributed by atoms with Crippen LogP contribution in [0.25, 0.3) is 0 Å². The Hall–Kier alpha value is -1.13. The van der Waals surface area contributed by atoms with E-state index in [-0.39, 0.29) is 5.60 Å². The van der Waals surface area contributed by atoms with Gasteiger partial charge in [0, 0.05) is 43.3 Å². The number of hydrogen-bond donors (Lipinski definition) is 1. The number of rotatable bonds is 4. The molecule has 0 bridgehead atoms. The molecule has 0 radical (unpaired) electrons. The number of nitrogens with zero attached hydrogens (tertiary/aromatic N) is 2. The van der Waals surface area contributed by atoms with E-state index in [4.69, 9.17) is 4.74 Å². The van der Waals surface area contributed by atoms with Crippen molar-refractivity contribution in [1.29, 1.82) is 0 Å². The average molecular weight is 249 g/mol. The first-order valence-corrected chi connectivity index (χ1v) is 6.65. The van der Waals surface area contributed by atoms with Gasteiger partial charge in [0.2, 0.25) is 0 Å². The zero-order valence-electron chi connectivity index (χ0n) is 11.6. The maximum atomic E-state index is 5.77. The van der Waals surface area contributed by atoms with Gasteiger partial charge in [-0.15, -0.1) is 0 Å². The minimum Gasteiger partial charge on any atom is -0.372 e. The van der Waals surface area contributed by atoms with Gasteiger partial charge in [-0.1, -0.05) is 6.92 Å². The van der Waals surface area contributed by atoms with Crippen LogP contribution in [0.5, 0.6) is 0 Å². The van der Waals surface area contributed by atoms with Gasteiger partial charge in [0.1, 0.15) is 0 Å².